The SMILES string of the molecule is O=C(/C=C/c1cccnc1)Nc1ncc(Cc2cccc(C(F)(F)F)c2)s1. The molecule has 0 atom stereocenters. The molecule has 4 nitrogen and oxygen atoms in total. The summed E-state index contributed by atoms with van der Waals surface area (Å²) in [5.41, 5.74) is 0.637. The summed E-state index contributed by atoms with van der Waals surface area (Å²) < 4.78 is 38.3. The zero-order valence-electron chi connectivity index (χ0n) is 13.9. The van der Waals surface area contributed by atoms with Crippen molar-refractivity contribution in [2.24, 2.45) is 0 Å². The van der Waals surface area contributed by atoms with Crippen LogP contribution in [0.25, 0.3) is 6.08 Å². The lowest BCUT2D eigenvalue weighted by Crippen LogP contribution is -2.07. The van der Waals surface area contributed by atoms with Crippen LogP contribution in [-0.4, -0.2) is 15.9 Å². The van der Waals surface area contributed by atoms with Crippen molar-refractivity contribution in [2.75, 3.05) is 5.32 Å². The van der Waals surface area contributed by atoms with Crippen molar-refractivity contribution in [1.82, 2.24) is 9.97 Å². The summed E-state index contributed by atoms with van der Waals surface area (Å²) in [7, 11) is 0. The van der Waals surface area contributed by atoms with Crippen LogP contribution < -0.4 is 5.32 Å². The Hall–Kier alpha value is -3.00. The molecule has 0 saturated heterocycles. The highest BCUT2D eigenvalue weighted by Gasteiger charge is 2.30. The van der Waals surface area contributed by atoms with Gasteiger partial charge in [0.2, 0.25) is 5.91 Å². The number of carbonyl (C=O) groups excluding carboxylic acids is 1. The lowest BCUT2D eigenvalue weighted by atomic mass is 10.1. The molecule has 0 aliphatic carbocycles. The minimum atomic E-state index is -4.37. The minimum absolute atomic E-state index is 0.309. The molecule has 1 aromatic carbocycles. The molecule has 1 amide bonds. The van der Waals surface area contributed by atoms with Crippen LogP contribution in [0.1, 0.15) is 21.6 Å². The number of rotatable bonds is 5. The van der Waals surface area contributed by atoms with Crippen molar-refractivity contribution in [3.8, 4) is 0 Å². The third kappa shape index (κ3) is 5.49. The monoisotopic (exact) mass is 389 g/mol. The Morgan fingerprint density at radius 1 is 1.19 bits per heavy atom. The Balaban J connectivity index is 1.62. The molecule has 3 aromatic rings. The van der Waals surface area contributed by atoms with Crippen molar-refractivity contribution in [3.63, 3.8) is 0 Å². The summed E-state index contributed by atoms with van der Waals surface area (Å²) in [4.78, 5) is 20.7. The van der Waals surface area contributed by atoms with E-state index >= 15 is 0 Å². The highest BCUT2D eigenvalue weighted by molar-refractivity contribution is 7.15. The molecular formula is C19H14F3N3OS. The van der Waals surface area contributed by atoms with E-state index in [9.17, 15) is 18.0 Å². The number of pyridine rings is 1. The molecule has 0 unspecified atom stereocenters. The molecule has 0 aliphatic heterocycles. The van der Waals surface area contributed by atoms with Gasteiger partial charge >= 0.3 is 6.18 Å². The molecule has 27 heavy (non-hydrogen) atoms. The topological polar surface area (TPSA) is 54.9 Å². The van der Waals surface area contributed by atoms with Gasteiger partial charge in [0.1, 0.15) is 0 Å². The summed E-state index contributed by atoms with van der Waals surface area (Å²) in [6.07, 6.45) is 3.74. The Morgan fingerprint density at radius 2 is 2.04 bits per heavy atom. The van der Waals surface area contributed by atoms with Crippen LogP contribution in [0, 0.1) is 0 Å². The predicted molar refractivity (Wildman–Crippen MR) is 98.3 cm³/mol. The molecule has 0 saturated carbocycles. The van der Waals surface area contributed by atoms with E-state index in [2.05, 4.69) is 15.3 Å². The molecule has 8 heteroatoms. The van der Waals surface area contributed by atoms with Gasteiger partial charge in [0.25, 0.3) is 0 Å². The normalized spacial score (nSPS) is 11.7. The van der Waals surface area contributed by atoms with Crippen molar-refractivity contribution in [2.45, 2.75) is 12.6 Å². The van der Waals surface area contributed by atoms with E-state index in [1.807, 2.05) is 6.07 Å². The zero-order chi connectivity index (χ0) is 19.3. The lowest BCUT2D eigenvalue weighted by Gasteiger charge is -2.07. The van der Waals surface area contributed by atoms with E-state index in [0.29, 0.717) is 17.1 Å². The molecule has 2 aromatic heterocycles. The van der Waals surface area contributed by atoms with Gasteiger partial charge in [0, 0.05) is 36.0 Å². The van der Waals surface area contributed by atoms with E-state index in [0.717, 1.165) is 22.6 Å². The summed E-state index contributed by atoms with van der Waals surface area (Å²) in [6, 6.07) is 8.74. The number of benzene rings is 1. The molecular weight excluding hydrogens is 375 g/mol. The number of thiazole rings is 1. The second kappa shape index (κ2) is 8.13. The number of nitrogens with one attached hydrogen (secondary N) is 1. The summed E-state index contributed by atoms with van der Waals surface area (Å²) in [5, 5.41) is 3.02. The highest BCUT2D eigenvalue weighted by Crippen LogP contribution is 2.30. The Bertz CT molecular complexity index is 952. The van der Waals surface area contributed by atoms with E-state index < -0.39 is 11.7 Å². The molecule has 138 valence electrons. The molecule has 0 spiro atoms. The minimum Gasteiger partial charge on any atom is -0.298 e. The van der Waals surface area contributed by atoms with Gasteiger partial charge in [-0.3, -0.25) is 15.1 Å². The molecule has 0 fully saturated rings. The number of anilines is 1. The molecule has 0 bridgehead atoms. The number of carbonyl (C=O) groups is 1. The van der Waals surface area contributed by atoms with Gasteiger partial charge in [-0.15, -0.1) is 11.3 Å². The van der Waals surface area contributed by atoms with Gasteiger partial charge in [0.15, 0.2) is 5.13 Å². The highest BCUT2D eigenvalue weighted by atomic mass is 32.1. The van der Waals surface area contributed by atoms with Crippen LogP contribution in [-0.2, 0) is 17.4 Å². The number of alkyl halides is 3. The van der Waals surface area contributed by atoms with E-state index in [-0.39, 0.29) is 5.91 Å². The van der Waals surface area contributed by atoms with E-state index in [4.69, 9.17) is 0 Å². The molecule has 2 heterocycles. The smallest absolute Gasteiger partial charge is 0.298 e. The molecule has 0 radical (unpaired) electrons. The Morgan fingerprint density at radius 3 is 2.78 bits per heavy atom. The fourth-order valence-corrected chi connectivity index (χ4v) is 3.15. The number of nitrogens with zero attached hydrogens (tertiary/aromatic N) is 2. The van der Waals surface area contributed by atoms with Crippen molar-refractivity contribution >= 4 is 28.5 Å². The maximum absolute atomic E-state index is 12.8. The largest absolute Gasteiger partial charge is 0.416 e. The van der Waals surface area contributed by atoms with Crippen LogP contribution >= 0.6 is 11.3 Å². The predicted octanol–water partition coefficient (Wildman–Crippen LogP) is 4.80. The number of hydrogen-bond acceptors (Lipinski definition) is 4. The fraction of sp³-hybridized carbons (Fsp3) is 0.105. The van der Waals surface area contributed by atoms with Crippen LogP contribution in [0.4, 0.5) is 18.3 Å². The maximum atomic E-state index is 12.8. The average Bonchev–Trinajstić information content (AvgIpc) is 3.07. The first-order chi connectivity index (χ1) is 12.9. The number of aromatic nitrogens is 2. The number of hydrogen-bond donors (Lipinski definition) is 1. The van der Waals surface area contributed by atoms with Gasteiger partial charge < -0.3 is 0 Å². The van der Waals surface area contributed by atoms with Gasteiger partial charge in [-0.05, 0) is 29.3 Å². The summed E-state index contributed by atoms with van der Waals surface area (Å²) >= 11 is 1.22. The number of halogens is 3. The second-order valence-electron chi connectivity index (χ2n) is 5.62. The average molecular weight is 389 g/mol. The lowest BCUT2D eigenvalue weighted by molar-refractivity contribution is -0.137. The van der Waals surface area contributed by atoms with Gasteiger partial charge in [-0.2, -0.15) is 13.2 Å². The Labute approximate surface area is 157 Å². The molecule has 3 rings (SSSR count). The van der Waals surface area contributed by atoms with Crippen molar-refractivity contribution < 1.29 is 18.0 Å². The van der Waals surface area contributed by atoms with E-state index in [1.54, 1.807) is 36.8 Å². The third-order valence-corrected chi connectivity index (χ3v) is 4.44. The van der Waals surface area contributed by atoms with Crippen molar-refractivity contribution in [1.29, 1.82) is 0 Å². The zero-order valence-corrected chi connectivity index (χ0v) is 14.7. The van der Waals surface area contributed by atoms with Gasteiger partial charge in [-0.25, -0.2) is 4.98 Å². The van der Waals surface area contributed by atoms with Crippen LogP contribution in [0.15, 0.2) is 61.1 Å². The maximum Gasteiger partial charge on any atom is 0.416 e. The first kappa shape index (κ1) is 18.8. The van der Waals surface area contributed by atoms with Gasteiger partial charge in [0.05, 0.1) is 5.56 Å². The Kier molecular flexibility index (Phi) is 5.66. The molecule has 0 aliphatic rings. The van der Waals surface area contributed by atoms with E-state index in [1.165, 1.54) is 23.5 Å². The van der Waals surface area contributed by atoms with Crippen molar-refractivity contribution in [3.05, 3.63) is 82.6 Å². The fourth-order valence-electron chi connectivity index (χ4n) is 2.30. The number of amides is 1. The van der Waals surface area contributed by atoms with Gasteiger partial charge in [-0.1, -0.05) is 24.3 Å². The van der Waals surface area contributed by atoms with Crippen LogP contribution in [0.3, 0.4) is 0 Å². The molecule has 1 N–H and O–H groups in total. The summed E-state index contributed by atoms with van der Waals surface area (Å²) in [5.74, 6) is -0.348. The summed E-state index contributed by atoms with van der Waals surface area (Å²) in [6.45, 7) is 0. The standard InChI is InChI=1S/C19H14F3N3OS/c20-19(21,22)15-5-1-3-14(9-15)10-16-12-24-18(27-16)25-17(26)7-6-13-4-2-8-23-11-13/h1-9,11-12H,10H2,(H,24,25,26)/b7-6+. The van der Waals surface area contributed by atoms with Crippen LogP contribution in [0.2, 0.25) is 0 Å². The first-order valence-corrected chi connectivity index (χ1v) is 8.72. The van der Waals surface area contributed by atoms with Crippen LogP contribution in [0.5, 0.6) is 0 Å². The quantitative estimate of drug-likeness (QED) is 0.638. The first-order valence-electron chi connectivity index (χ1n) is 7.90. The third-order valence-electron chi connectivity index (χ3n) is 3.53. The second-order valence-corrected chi connectivity index (χ2v) is 6.73.